The minimum Gasteiger partial charge on any atom is -0.375 e. The molecule has 15 heteroatoms. The number of hydrogen-bond donors (Lipinski definition) is 3. The van der Waals surface area contributed by atoms with Crippen molar-refractivity contribution in [1.29, 1.82) is 0 Å². The van der Waals surface area contributed by atoms with Gasteiger partial charge in [0.1, 0.15) is 0 Å². The number of thiazole rings is 1. The van der Waals surface area contributed by atoms with Crippen molar-refractivity contribution < 1.29 is 23.6 Å². The number of hydrogen-bond acceptors (Lipinski definition) is 11. The van der Waals surface area contributed by atoms with Gasteiger partial charge in [0, 0.05) is 25.5 Å². The molecular weight excluding hydrogens is 551 g/mol. The van der Waals surface area contributed by atoms with E-state index in [1.807, 2.05) is 0 Å². The van der Waals surface area contributed by atoms with Crippen molar-refractivity contribution in [1.82, 2.24) is 25.4 Å². The minimum atomic E-state index is -0.801. The van der Waals surface area contributed by atoms with E-state index < -0.39 is 23.9 Å². The van der Waals surface area contributed by atoms with Crippen LogP contribution in [0, 0.1) is 17.7 Å². The number of aromatic nitrogens is 3. The molecule has 1 unspecified atom stereocenters. The molecule has 4 rings (SSSR count). The Morgan fingerprint density at radius 3 is 2.74 bits per heavy atom. The number of carbonyl (C=O) groups excluding carboxylic acids is 2. The molecule has 1 saturated heterocycles. The van der Waals surface area contributed by atoms with E-state index in [4.69, 9.17) is 26.9 Å². The van der Waals surface area contributed by atoms with Crippen molar-refractivity contribution >= 4 is 52.0 Å². The van der Waals surface area contributed by atoms with Crippen LogP contribution in [0.4, 0.5) is 21.2 Å². The third-order valence-corrected chi connectivity index (χ3v) is 7.70. The van der Waals surface area contributed by atoms with E-state index in [1.54, 1.807) is 12.4 Å². The minimum absolute atomic E-state index is 0.0329. The molecule has 4 N–H and O–H groups in total. The van der Waals surface area contributed by atoms with Crippen molar-refractivity contribution in [3.05, 3.63) is 22.2 Å². The molecule has 2 amide bonds. The summed E-state index contributed by atoms with van der Waals surface area (Å²) in [6.07, 6.45) is 7.40. The topological polar surface area (TPSA) is 148 Å². The summed E-state index contributed by atoms with van der Waals surface area (Å²) in [6.45, 7) is 0.833. The first-order chi connectivity index (χ1) is 18.8. The quantitative estimate of drug-likeness (QED) is 0.181. The Balaban J connectivity index is 1.42. The van der Waals surface area contributed by atoms with E-state index in [0.29, 0.717) is 42.6 Å². The van der Waals surface area contributed by atoms with E-state index in [1.165, 1.54) is 16.2 Å². The molecule has 2 aromatic heterocycles. The highest BCUT2D eigenvalue weighted by Gasteiger charge is 2.29. The Labute approximate surface area is 235 Å². The molecule has 0 radical (unpaired) electrons. The number of ether oxygens (including phenoxy) is 1. The van der Waals surface area contributed by atoms with Crippen molar-refractivity contribution in [2.24, 2.45) is 11.8 Å². The lowest BCUT2D eigenvalue weighted by molar-refractivity contribution is -0.276. The molecule has 2 fully saturated rings. The fourth-order valence-electron chi connectivity index (χ4n) is 4.87. The third kappa shape index (κ3) is 8.34. The van der Waals surface area contributed by atoms with Gasteiger partial charge in [0.2, 0.25) is 23.4 Å². The lowest BCUT2D eigenvalue weighted by atomic mass is 9.92. The Morgan fingerprint density at radius 1 is 1.31 bits per heavy atom. The Kier molecular flexibility index (Phi) is 10.5. The molecule has 1 aliphatic carbocycles. The Hall–Kier alpha value is -2.81. The van der Waals surface area contributed by atoms with E-state index in [2.05, 4.69) is 25.8 Å². The maximum Gasteiger partial charge on any atom is 0.243 e. The number of rotatable bonds is 13. The van der Waals surface area contributed by atoms with E-state index in [9.17, 15) is 9.59 Å². The SMILES string of the molecule is CN(Cc1csc(N)n1)c1nc(Cl)nc(NNC(=O)[C@@H](CC2CCCC2)CN(C=O)OC2CCCCO2)c1F. The van der Waals surface area contributed by atoms with Gasteiger partial charge in [-0.1, -0.05) is 25.7 Å². The number of nitrogens with zero attached hydrogens (tertiary/aromatic N) is 5. The van der Waals surface area contributed by atoms with E-state index in [-0.39, 0.29) is 30.0 Å². The predicted molar refractivity (Wildman–Crippen MR) is 145 cm³/mol. The number of anilines is 3. The van der Waals surface area contributed by atoms with Crippen LogP contribution in [0.2, 0.25) is 5.28 Å². The lowest BCUT2D eigenvalue weighted by Crippen LogP contribution is -2.43. The van der Waals surface area contributed by atoms with Crippen molar-refractivity contribution in [3.8, 4) is 0 Å². The average molecular weight is 585 g/mol. The largest absolute Gasteiger partial charge is 0.375 e. The number of hydroxylamine groups is 2. The molecule has 1 aliphatic heterocycles. The van der Waals surface area contributed by atoms with Gasteiger partial charge >= 0.3 is 0 Å². The van der Waals surface area contributed by atoms with Crippen molar-refractivity contribution in [2.45, 2.75) is 64.2 Å². The van der Waals surface area contributed by atoms with E-state index in [0.717, 1.165) is 43.6 Å². The highest BCUT2D eigenvalue weighted by molar-refractivity contribution is 7.13. The standard InChI is InChI=1S/C24H34ClFN8O4S/c1-33(12-17-13-39-24(27)28-17)21-19(26)20(29-23(25)30-21)31-32-22(36)16(10-15-6-2-3-7-15)11-34(14-35)38-18-8-4-5-9-37-18/h13-16,18H,2-12H2,1H3,(H2,27,28)(H,32,36)(H,29,30,31)/t16-,18?/m0/s1. The summed E-state index contributed by atoms with van der Waals surface area (Å²) >= 11 is 7.35. The van der Waals surface area contributed by atoms with Gasteiger partial charge in [-0.3, -0.25) is 20.4 Å². The molecule has 12 nitrogen and oxygen atoms in total. The zero-order chi connectivity index (χ0) is 27.8. The molecule has 1 saturated carbocycles. The first-order valence-corrected chi connectivity index (χ1v) is 14.3. The van der Waals surface area contributed by atoms with Crippen LogP contribution in [0.3, 0.4) is 0 Å². The van der Waals surface area contributed by atoms with Gasteiger partial charge in [-0.25, -0.2) is 14.9 Å². The second kappa shape index (κ2) is 14.0. The molecule has 0 aromatic carbocycles. The number of nitrogens with two attached hydrogens (primary N) is 1. The number of nitrogen functional groups attached to an aromatic ring is 1. The first kappa shape index (κ1) is 29.2. The summed E-state index contributed by atoms with van der Waals surface area (Å²) in [6, 6.07) is 0. The number of nitrogens with one attached hydrogen (secondary N) is 2. The second-order valence-electron chi connectivity index (χ2n) is 9.82. The fourth-order valence-corrected chi connectivity index (χ4v) is 5.59. The zero-order valence-electron chi connectivity index (χ0n) is 21.8. The summed E-state index contributed by atoms with van der Waals surface area (Å²) in [5, 5.41) is 3.09. The number of hydrazine groups is 1. The molecule has 2 atom stereocenters. The smallest absolute Gasteiger partial charge is 0.243 e. The van der Waals surface area contributed by atoms with Crippen LogP contribution in [0.1, 0.15) is 57.1 Å². The summed E-state index contributed by atoms with van der Waals surface area (Å²) in [5.74, 6) is -1.85. The van der Waals surface area contributed by atoms with Gasteiger partial charge < -0.3 is 15.4 Å². The van der Waals surface area contributed by atoms with Crippen LogP contribution in [0.25, 0.3) is 0 Å². The molecular formula is C24H34ClFN8O4S. The monoisotopic (exact) mass is 584 g/mol. The van der Waals surface area contributed by atoms with Gasteiger partial charge in [-0.05, 0) is 36.8 Å². The third-order valence-electron chi connectivity index (χ3n) is 6.81. The average Bonchev–Trinajstić information content (AvgIpc) is 3.59. The number of carbonyl (C=O) groups is 2. The van der Waals surface area contributed by atoms with Crippen LogP contribution in [0.15, 0.2) is 5.38 Å². The van der Waals surface area contributed by atoms with Gasteiger partial charge in [0.25, 0.3) is 0 Å². The normalized spacial score (nSPS) is 18.5. The maximum absolute atomic E-state index is 15.3. The summed E-state index contributed by atoms with van der Waals surface area (Å²) in [5.41, 5.74) is 11.4. The van der Waals surface area contributed by atoms with Crippen molar-refractivity contribution in [2.75, 3.05) is 36.3 Å². The van der Waals surface area contributed by atoms with Crippen LogP contribution in [0.5, 0.6) is 0 Å². The maximum atomic E-state index is 15.3. The number of halogens is 2. The predicted octanol–water partition coefficient (Wildman–Crippen LogP) is 3.50. The molecule has 2 aromatic rings. The first-order valence-electron chi connectivity index (χ1n) is 13.0. The number of amides is 2. The Morgan fingerprint density at radius 2 is 2.08 bits per heavy atom. The van der Waals surface area contributed by atoms with Gasteiger partial charge in [0.05, 0.1) is 24.7 Å². The summed E-state index contributed by atoms with van der Waals surface area (Å²) < 4.78 is 20.9. The second-order valence-corrected chi connectivity index (χ2v) is 11.0. The Bertz CT molecular complexity index is 1120. The van der Waals surface area contributed by atoms with Gasteiger partial charge in [-0.2, -0.15) is 14.4 Å². The fraction of sp³-hybridized carbons (Fsp3) is 0.625. The van der Waals surface area contributed by atoms with Crippen LogP contribution < -0.4 is 21.5 Å². The summed E-state index contributed by atoms with van der Waals surface area (Å²) in [7, 11) is 1.63. The van der Waals surface area contributed by atoms with Crippen LogP contribution in [-0.2, 0) is 25.7 Å². The van der Waals surface area contributed by atoms with Crippen LogP contribution in [-0.4, -0.2) is 58.8 Å². The lowest BCUT2D eigenvalue weighted by Gasteiger charge is -2.30. The van der Waals surface area contributed by atoms with Gasteiger partial charge in [0.15, 0.2) is 23.1 Å². The molecule has 214 valence electrons. The molecule has 0 spiro atoms. The van der Waals surface area contributed by atoms with Crippen LogP contribution >= 0.6 is 22.9 Å². The van der Waals surface area contributed by atoms with E-state index >= 15 is 4.39 Å². The highest BCUT2D eigenvalue weighted by Crippen LogP contribution is 2.31. The molecule has 39 heavy (non-hydrogen) atoms. The molecule has 2 aliphatic rings. The highest BCUT2D eigenvalue weighted by atomic mass is 35.5. The van der Waals surface area contributed by atoms with Crippen molar-refractivity contribution in [3.63, 3.8) is 0 Å². The molecule has 0 bridgehead atoms. The van der Waals surface area contributed by atoms with Gasteiger partial charge in [-0.15, -0.1) is 11.3 Å². The summed E-state index contributed by atoms with van der Waals surface area (Å²) in [4.78, 5) is 44.3. The molecule has 3 heterocycles. The zero-order valence-corrected chi connectivity index (χ0v) is 23.3.